The molecule has 0 unspecified atom stereocenters. The van der Waals surface area contributed by atoms with Crippen molar-refractivity contribution in [2.24, 2.45) is 0 Å². The number of allylic oxidation sites excluding steroid dienone is 1. The number of amides is 1. The second kappa shape index (κ2) is 4.90. The van der Waals surface area contributed by atoms with Crippen molar-refractivity contribution in [1.29, 1.82) is 0 Å². The smallest absolute Gasteiger partial charge is 0.335 e. The van der Waals surface area contributed by atoms with Crippen LogP contribution in [0.25, 0.3) is 0 Å². The Bertz CT molecular complexity index is 413. The summed E-state index contributed by atoms with van der Waals surface area (Å²) in [7, 11) is 0. The van der Waals surface area contributed by atoms with Gasteiger partial charge in [0.1, 0.15) is 5.82 Å². The molecule has 0 aliphatic carbocycles. The zero-order chi connectivity index (χ0) is 11.3. The summed E-state index contributed by atoms with van der Waals surface area (Å²) in [5, 5.41) is 11.1. The van der Waals surface area contributed by atoms with Crippen LogP contribution < -0.4 is 5.32 Å². The number of nitrogens with zero attached hydrogens (tertiary/aromatic N) is 1. The van der Waals surface area contributed by atoms with E-state index in [-0.39, 0.29) is 17.3 Å². The molecule has 1 aromatic rings. The summed E-state index contributed by atoms with van der Waals surface area (Å²) < 4.78 is 0. The summed E-state index contributed by atoms with van der Waals surface area (Å²) in [6, 6.07) is 2.65. The van der Waals surface area contributed by atoms with E-state index in [2.05, 4.69) is 10.3 Å². The van der Waals surface area contributed by atoms with Crippen LogP contribution in [0.3, 0.4) is 0 Å². The number of carbonyl (C=O) groups is 2. The Hall–Kier alpha value is -2.17. The Morgan fingerprint density at radius 2 is 2.27 bits per heavy atom. The van der Waals surface area contributed by atoms with Gasteiger partial charge in [0.15, 0.2) is 0 Å². The van der Waals surface area contributed by atoms with Gasteiger partial charge in [-0.3, -0.25) is 4.79 Å². The third kappa shape index (κ3) is 3.22. The number of aromatic carboxylic acids is 1. The molecular weight excluding hydrogens is 196 g/mol. The molecule has 0 fully saturated rings. The fourth-order valence-corrected chi connectivity index (χ4v) is 0.951. The maximum Gasteiger partial charge on any atom is 0.335 e. The lowest BCUT2D eigenvalue weighted by atomic mass is 10.2. The molecule has 0 saturated heterocycles. The average molecular weight is 206 g/mol. The van der Waals surface area contributed by atoms with Gasteiger partial charge >= 0.3 is 5.97 Å². The Morgan fingerprint density at radius 3 is 2.87 bits per heavy atom. The van der Waals surface area contributed by atoms with Crippen LogP contribution >= 0.6 is 0 Å². The zero-order valence-electron chi connectivity index (χ0n) is 8.10. The summed E-state index contributed by atoms with van der Waals surface area (Å²) in [6.07, 6.45) is 4.24. The van der Waals surface area contributed by atoms with E-state index in [4.69, 9.17) is 5.11 Å². The lowest BCUT2D eigenvalue weighted by Crippen LogP contribution is -2.10. The number of pyridine rings is 1. The first kappa shape index (κ1) is 10.9. The molecule has 0 aromatic carbocycles. The molecule has 0 spiro atoms. The average Bonchev–Trinajstić information content (AvgIpc) is 2.18. The summed E-state index contributed by atoms with van der Waals surface area (Å²) in [5.74, 6) is -1.18. The molecule has 2 N–H and O–H groups in total. The monoisotopic (exact) mass is 206 g/mol. The van der Waals surface area contributed by atoms with Crippen LogP contribution in [0.5, 0.6) is 0 Å². The number of nitrogens with one attached hydrogen (secondary N) is 1. The lowest BCUT2D eigenvalue weighted by molar-refractivity contribution is -0.111. The van der Waals surface area contributed by atoms with Crippen molar-refractivity contribution < 1.29 is 14.7 Å². The first-order chi connectivity index (χ1) is 7.13. The molecule has 0 saturated carbocycles. The lowest BCUT2D eigenvalue weighted by Gasteiger charge is -2.01. The molecule has 15 heavy (non-hydrogen) atoms. The van der Waals surface area contributed by atoms with E-state index in [1.165, 1.54) is 24.4 Å². The Balaban J connectivity index is 2.82. The third-order valence-electron chi connectivity index (χ3n) is 1.58. The number of hydrogen-bond acceptors (Lipinski definition) is 3. The molecule has 0 atom stereocenters. The Labute approximate surface area is 86.5 Å². The van der Waals surface area contributed by atoms with Gasteiger partial charge in [0, 0.05) is 6.20 Å². The zero-order valence-corrected chi connectivity index (χ0v) is 8.10. The van der Waals surface area contributed by atoms with Gasteiger partial charge in [0.05, 0.1) is 5.56 Å². The number of rotatable bonds is 3. The van der Waals surface area contributed by atoms with E-state index >= 15 is 0 Å². The van der Waals surface area contributed by atoms with Crippen LogP contribution in [0.1, 0.15) is 17.3 Å². The van der Waals surface area contributed by atoms with Crippen LogP contribution in [0.4, 0.5) is 5.82 Å². The second-order valence-electron chi connectivity index (χ2n) is 2.72. The summed E-state index contributed by atoms with van der Waals surface area (Å²) in [6.45, 7) is 1.71. The van der Waals surface area contributed by atoms with E-state index in [1.54, 1.807) is 13.0 Å². The Kier molecular flexibility index (Phi) is 3.56. The summed E-state index contributed by atoms with van der Waals surface area (Å²) >= 11 is 0. The number of carbonyl (C=O) groups excluding carboxylic acids is 1. The van der Waals surface area contributed by atoms with Crippen LogP contribution in [-0.4, -0.2) is 22.0 Å². The van der Waals surface area contributed by atoms with Crippen LogP contribution in [0, 0.1) is 0 Å². The predicted molar refractivity (Wildman–Crippen MR) is 54.6 cm³/mol. The molecule has 5 heteroatoms. The molecule has 78 valence electrons. The Morgan fingerprint density at radius 1 is 1.53 bits per heavy atom. The number of anilines is 1. The van der Waals surface area contributed by atoms with Crippen LogP contribution in [0.15, 0.2) is 30.5 Å². The third-order valence-corrected chi connectivity index (χ3v) is 1.58. The molecule has 0 bridgehead atoms. The van der Waals surface area contributed by atoms with Gasteiger partial charge in [-0.05, 0) is 25.1 Å². The molecule has 0 aliphatic heterocycles. The van der Waals surface area contributed by atoms with E-state index in [9.17, 15) is 9.59 Å². The molecule has 1 heterocycles. The fourth-order valence-electron chi connectivity index (χ4n) is 0.951. The highest BCUT2D eigenvalue weighted by atomic mass is 16.4. The highest BCUT2D eigenvalue weighted by Crippen LogP contribution is 2.06. The SMILES string of the molecule is CC=CC(=O)Nc1cc(C(=O)O)ccn1. The molecule has 1 aromatic heterocycles. The quantitative estimate of drug-likeness (QED) is 0.730. The highest BCUT2D eigenvalue weighted by molar-refractivity contribution is 5.99. The normalized spacial score (nSPS) is 10.2. The minimum Gasteiger partial charge on any atom is -0.478 e. The van der Waals surface area contributed by atoms with E-state index < -0.39 is 5.97 Å². The largest absolute Gasteiger partial charge is 0.478 e. The van der Waals surface area contributed by atoms with Gasteiger partial charge in [-0.2, -0.15) is 0 Å². The topological polar surface area (TPSA) is 79.3 Å². The van der Waals surface area contributed by atoms with Gasteiger partial charge in [-0.15, -0.1) is 0 Å². The molecule has 1 rings (SSSR count). The second-order valence-corrected chi connectivity index (χ2v) is 2.72. The first-order valence-corrected chi connectivity index (χ1v) is 4.26. The van der Waals surface area contributed by atoms with Crippen LogP contribution in [0.2, 0.25) is 0 Å². The predicted octanol–water partition coefficient (Wildman–Crippen LogP) is 1.29. The van der Waals surface area contributed by atoms with E-state index in [0.29, 0.717) is 0 Å². The number of hydrogen-bond donors (Lipinski definition) is 2. The van der Waals surface area contributed by atoms with Gasteiger partial charge in [-0.1, -0.05) is 6.08 Å². The standard InChI is InChI=1S/C10H10N2O3/c1-2-3-9(13)12-8-6-7(10(14)15)4-5-11-8/h2-6H,1H3,(H,14,15)(H,11,12,13). The van der Waals surface area contributed by atoms with Gasteiger partial charge in [-0.25, -0.2) is 9.78 Å². The van der Waals surface area contributed by atoms with Crippen molar-refractivity contribution >= 4 is 17.7 Å². The van der Waals surface area contributed by atoms with E-state index in [0.717, 1.165) is 0 Å². The van der Waals surface area contributed by atoms with Crippen molar-refractivity contribution in [1.82, 2.24) is 4.98 Å². The maximum atomic E-state index is 11.1. The number of carboxylic acid groups (broad SMARTS) is 1. The van der Waals surface area contributed by atoms with Gasteiger partial charge < -0.3 is 10.4 Å². The summed E-state index contributed by atoms with van der Waals surface area (Å²) in [4.78, 5) is 25.5. The minimum atomic E-state index is -1.06. The fraction of sp³-hybridized carbons (Fsp3) is 0.100. The molecule has 0 aliphatic rings. The van der Waals surface area contributed by atoms with Gasteiger partial charge in [0.25, 0.3) is 0 Å². The van der Waals surface area contributed by atoms with Gasteiger partial charge in [0.2, 0.25) is 5.91 Å². The van der Waals surface area contributed by atoms with Crippen molar-refractivity contribution in [3.8, 4) is 0 Å². The molecule has 0 radical (unpaired) electrons. The molecule has 5 nitrogen and oxygen atoms in total. The van der Waals surface area contributed by atoms with E-state index in [1.807, 2.05) is 0 Å². The summed E-state index contributed by atoms with van der Waals surface area (Å²) in [5.41, 5.74) is 0.0841. The number of carboxylic acids is 1. The van der Waals surface area contributed by atoms with Crippen molar-refractivity contribution in [2.45, 2.75) is 6.92 Å². The highest BCUT2D eigenvalue weighted by Gasteiger charge is 2.05. The molecular formula is C10H10N2O3. The van der Waals surface area contributed by atoms with Crippen LogP contribution in [-0.2, 0) is 4.79 Å². The molecule has 1 amide bonds. The van der Waals surface area contributed by atoms with Crippen molar-refractivity contribution in [2.75, 3.05) is 5.32 Å². The van der Waals surface area contributed by atoms with Crippen molar-refractivity contribution in [3.63, 3.8) is 0 Å². The maximum absolute atomic E-state index is 11.1. The number of aromatic nitrogens is 1. The first-order valence-electron chi connectivity index (χ1n) is 4.26. The van der Waals surface area contributed by atoms with Crippen molar-refractivity contribution in [3.05, 3.63) is 36.0 Å². The minimum absolute atomic E-state index is 0.0841.